The SMILES string of the molecule is CCC(CC(C)C(=O)NC(C)(C)CS(=O)(=O)[O-])C(N)=O.[Na+]. The molecule has 0 saturated carbocycles. The fraction of sp³-hybridized carbons (Fsp3) is 0.833. The molecule has 0 aromatic carbocycles. The van der Waals surface area contributed by atoms with E-state index in [9.17, 15) is 22.6 Å². The molecule has 0 aliphatic carbocycles. The first-order chi connectivity index (χ1) is 8.88. The van der Waals surface area contributed by atoms with Gasteiger partial charge in [0.1, 0.15) is 0 Å². The maximum absolute atomic E-state index is 12.0. The van der Waals surface area contributed by atoms with Crippen LogP contribution in [0.2, 0.25) is 0 Å². The predicted molar refractivity (Wildman–Crippen MR) is 73.5 cm³/mol. The minimum Gasteiger partial charge on any atom is -0.748 e. The van der Waals surface area contributed by atoms with Gasteiger partial charge in [0.05, 0.1) is 15.9 Å². The van der Waals surface area contributed by atoms with Gasteiger partial charge in [-0.3, -0.25) is 9.59 Å². The Balaban J connectivity index is 0. The number of hydrogen-bond acceptors (Lipinski definition) is 5. The summed E-state index contributed by atoms with van der Waals surface area (Å²) in [4.78, 5) is 23.1. The van der Waals surface area contributed by atoms with Crippen molar-refractivity contribution in [2.45, 2.75) is 46.1 Å². The first-order valence-corrected chi connectivity index (χ1v) is 8.00. The summed E-state index contributed by atoms with van der Waals surface area (Å²) in [6.45, 7) is 6.34. The number of rotatable bonds is 8. The first-order valence-electron chi connectivity index (χ1n) is 6.43. The number of carbonyl (C=O) groups excluding carboxylic acids is 2. The third-order valence-corrected chi connectivity index (χ3v) is 4.06. The third kappa shape index (κ3) is 10.2. The fourth-order valence-electron chi connectivity index (χ4n) is 1.95. The van der Waals surface area contributed by atoms with Crippen molar-refractivity contribution in [3.05, 3.63) is 0 Å². The van der Waals surface area contributed by atoms with Crippen LogP contribution in [0, 0.1) is 11.8 Å². The van der Waals surface area contributed by atoms with Crippen LogP contribution in [0.4, 0.5) is 0 Å². The number of carbonyl (C=O) groups is 2. The van der Waals surface area contributed by atoms with Crippen LogP contribution in [-0.2, 0) is 19.7 Å². The van der Waals surface area contributed by atoms with Crippen LogP contribution in [0.25, 0.3) is 0 Å². The van der Waals surface area contributed by atoms with Crippen LogP contribution in [-0.4, -0.2) is 36.1 Å². The summed E-state index contributed by atoms with van der Waals surface area (Å²) < 4.78 is 32.2. The summed E-state index contributed by atoms with van der Waals surface area (Å²) in [6.07, 6.45) is 0.823. The minimum absolute atomic E-state index is 0. The van der Waals surface area contributed by atoms with E-state index in [1.165, 1.54) is 13.8 Å². The summed E-state index contributed by atoms with van der Waals surface area (Å²) in [5, 5.41) is 2.51. The monoisotopic (exact) mass is 330 g/mol. The number of primary amides is 1. The molecular weight excluding hydrogens is 307 g/mol. The molecule has 0 heterocycles. The Morgan fingerprint density at radius 2 is 1.81 bits per heavy atom. The van der Waals surface area contributed by atoms with Gasteiger partial charge in [0, 0.05) is 17.4 Å². The zero-order chi connectivity index (χ0) is 16.1. The molecule has 2 amide bonds. The van der Waals surface area contributed by atoms with Gasteiger partial charge in [-0.25, -0.2) is 8.42 Å². The molecule has 0 aromatic heterocycles. The molecule has 118 valence electrons. The molecule has 0 fully saturated rings. The van der Waals surface area contributed by atoms with Crippen LogP contribution in [0.5, 0.6) is 0 Å². The van der Waals surface area contributed by atoms with Gasteiger partial charge in [0.25, 0.3) is 0 Å². The van der Waals surface area contributed by atoms with Crippen molar-refractivity contribution in [1.29, 1.82) is 0 Å². The maximum Gasteiger partial charge on any atom is 1.00 e. The zero-order valence-corrected chi connectivity index (χ0v) is 16.1. The number of hydrogen-bond donors (Lipinski definition) is 2. The molecule has 0 saturated heterocycles. The van der Waals surface area contributed by atoms with Crippen LogP contribution >= 0.6 is 0 Å². The van der Waals surface area contributed by atoms with Crippen LogP contribution in [0.1, 0.15) is 40.5 Å². The van der Waals surface area contributed by atoms with E-state index >= 15 is 0 Å². The van der Waals surface area contributed by atoms with Gasteiger partial charge in [0.15, 0.2) is 0 Å². The van der Waals surface area contributed by atoms with E-state index in [0.717, 1.165) is 0 Å². The van der Waals surface area contributed by atoms with E-state index in [4.69, 9.17) is 5.73 Å². The van der Waals surface area contributed by atoms with E-state index in [1.54, 1.807) is 13.8 Å². The maximum atomic E-state index is 12.0. The van der Waals surface area contributed by atoms with Crippen molar-refractivity contribution in [2.75, 3.05) is 5.75 Å². The summed E-state index contributed by atoms with van der Waals surface area (Å²) >= 11 is 0. The van der Waals surface area contributed by atoms with E-state index in [1.807, 2.05) is 0 Å². The molecule has 0 aliphatic rings. The van der Waals surface area contributed by atoms with Gasteiger partial charge in [0.2, 0.25) is 11.8 Å². The molecule has 0 radical (unpaired) electrons. The van der Waals surface area contributed by atoms with Crippen molar-refractivity contribution in [3.8, 4) is 0 Å². The van der Waals surface area contributed by atoms with Gasteiger partial charge >= 0.3 is 29.6 Å². The van der Waals surface area contributed by atoms with Crippen molar-refractivity contribution in [1.82, 2.24) is 5.32 Å². The van der Waals surface area contributed by atoms with Crippen LogP contribution in [0.15, 0.2) is 0 Å². The van der Waals surface area contributed by atoms with Gasteiger partial charge in [-0.1, -0.05) is 13.8 Å². The molecule has 0 rings (SSSR count). The average Bonchev–Trinajstić information content (AvgIpc) is 2.20. The second-order valence-electron chi connectivity index (χ2n) is 5.72. The molecule has 2 atom stereocenters. The topological polar surface area (TPSA) is 129 Å². The summed E-state index contributed by atoms with van der Waals surface area (Å²) in [6, 6.07) is 0. The molecular formula is C12H23N2NaO5S. The molecule has 0 bridgehead atoms. The van der Waals surface area contributed by atoms with Gasteiger partial charge in [-0.2, -0.15) is 0 Å². The molecule has 0 aliphatic heterocycles. The smallest absolute Gasteiger partial charge is 0.748 e. The second-order valence-corrected chi connectivity index (χ2v) is 7.12. The molecule has 3 N–H and O–H groups in total. The Hall–Kier alpha value is -0.150. The number of amides is 2. The van der Waals surface area contributed by atoms with Gasteiger partial charge in [-0.15, -0.1) is 0 Å². The normalized spacial score (nSPS) is 14.7. The Morgan fingerprint density at radius 1 is 1.33 bits per heavy atom. The van der Waals surface area contributed by atoms with Gasteiger partial charge < -0.3 is 15.6 Å². The molecule has 9 heteroatoms. The van der Waals surface area contributed by atoms with Crippen LogP contribution in [0.3, 0.4) is 0 Å². The molecule has 7 nitrogen and oxygen atoms in total. The Bertz CT molecular complexity index is 464. The van der Waals surface area contributed by atoms with E-state index in [-0.39, 0.29) is 36.0 Å². The largest absolute Gasteiger partial charge is 1.00 e. The van der Waals surface area contributed by atoms with E-state index < -0.39 is 45.1 Å². The number of nitrogens with two attached hydrogens (primary N) is 1. The quantitative estimate of drug-likeness (QED) is 0.361. The average molecular weight is 330 g/mol. The fourth-order valence-corrected chi connectivity index (χ4v) is 2.91. The van der Waals surface area contributed by atoms with Crippen molar-refractivity contribution in [3.63, 3.8) is 0 Å². The summed E-state index contributed by atoms with van der Waals surface area (Å²) in [7, 11) is -4.43. The Labute approximate surface area is 148 Å². The molecule has 0 aromatic rings. The molecule has 21 heavy (non-hydrogen) atoms. The van der Waals surface area contributed by atoms with E-state index in [0.29, 0.717) is 6.42 Å². The first kappa shape index (κ1) is 23.1. The van der Waals surface area contributed by atoms with E-state index in [2.05, 4.69) is 5.32 Å². The Morgan fingerprint density at radius 3 is 2.14 bits per heavy atom. The minimum atomic E-state index is -4.43. The van der Waals surface area contributed by atoms with Crippen molar-refractivity contribution < 1.29 is 52.1 Å². The zero-order valence-electron chi connectivity index (χ0n) is 13.3. The predicted octanol–water partition coefficient (Wildman–Crippen LogP) is -3.03. The van der Waals surface area contributed by atoms with Crippen molar-refractivity contribution in [2.24, 2.45) is 17.6 Å². The van der Waals surface area contributed by atoms with Crippen molar-refractivity contribution >= 4 is 21.9 Å². The second kappa shape index (κ2) is 9.09. The summed E-state index contributed by atoms with van der Waals surface area (Å²) in [5.74, 6) is -2.46. The van der Waals surface area contributed by atoms with Gasteiger partial charge in [-0.05, 0) is 26.7 Å². The Kier molecular flexibility index (Phi) is 10.0. The molecule has 2 unspecified atom stereocenters. The standard InChI is InChI=1S/C12H24N2O5S.Na/c1-5-9(10(13)15)6-8(2)11(16)14-12(3,4)7-20(17,18)19;/h8-9H,5-7H2,1-4H3,(H2,13,15)(H,14,16)(H,17,18,19);/q;+1/p-1. The van der Waals surface area contributed by atoms with Crippen LogP contribution < -0.4 is 40.6 Å². The number of nitrogens with one attached hydrogen (secondary N) is 1. The third-order valence-electron chi connectivity index (χ3n) is 2.98. The molecule has 0 spiro atoms. The summed E-state index contributed by atoms with van der Waals surface area (Å²) in [5.41, 5.74) is 4.06.